The number of furan rings is 1. The van der Waals surface area contributed by atoms with E-state index in [1.165, 1.54) is 20.2 Å². The highest BCUT2D eigenvalue weighted by Gasteiger charge is 2.20. The van der Waals surface area contributed by atoms with Crippen LogP contribution in [0.5, 0.6) is 0 Å². The molecule has 0 aliphatic rings. The minimum atomic E-state index is 0.565. The summed E-state index contributed by atoms with van der Waals surface area (Å²) in [6.07, 6.45) is 0. The van der Waals surface area contributed by atoms with E-state index in [0.717, 1.165) is 66.0 Å². The van der Waals surface area contributed by atoms with E-state index in [4.69, 9.17) is 19.4 Å². The largest absolute Gasteiger partial charge is 0.456 e. The molecule has 238 valence electrons. The fourth-order valence-electron chi connectivity index (χ4n) is 7.46. The van der Waals surface area contributed by atoms with Gasteiger partial charge in [0.05, 0.1) is 11.0 Å². The van der Waals surface area contributed by atoms with E-state index in [1.807, 2.05) is 18.2 Å². The molecule has 0 unspecified atom stereocenters. The Bertz CT molecular complexity index is 3150. The second-order valence-electron chi connectivity index (χ2n) is 12.9. The second kappa shape index (κ2) is 10.9. The molecule has 51 heavy (non-hydrogen) atoms. The van der Waals surface area contributed by atoms with Gasteiger partial charge in [-0.2, -0.15) is 9.97 Å². The SMILES string of the molecule is c1ccc(-c2cccc(-c3nc(-c4ccc5c(c4)sc4ccccc45)nc(-n4c5ccccc5c5cc6oc7ccccc7c6cc54)n3)c2)cc1. The molecule has 4 aromatic heterocycles. The second-order valence-corrected chi connectivity index (χ2v) is 13.9. The molecule has 4 heterocycles. The number of aromatic nitrogens is 4. The van der Waals surface area contributed by atoms with E-state index in [0.29, 0.717) is 17.6 Å². The van der Waals surface area contributed by atoms with Gasteiger partial charge in [-0.15, -0.1) is 11.3 Å². The van der Waals surface area contributed by atoms with Crippen molar-refractivity contribution in [2.24, 2.45) is 0 Å². The summed E-state index contributed by atoms with van der Waals surface area (Å²) in [6, 6.07) is 55.0. The average molecular weight is 671 g/mol. The summed E-state index contributed by atoms with van der Waals surface area (Å²) in [5.41, 5.74) is 7.88. The van der Waals surface area contributed by atoms with Crippen LogP contribution >= 0.6 is 11.3 Å². The molecule has 0 amide bonds. The highest BCUT2D eigenvalue weighted by Crippen LogP contribution is 2.39. The predicted octanol–water partition coefficient (Wildman–Crippen LogP) is 12.2. The molecular weight excluding hydrogens is 645 g/mol. The van der Waals surface area contributed by atoms with E-state index in [1.54, 1.807) is 11.3 Å². The van der Waals surface area contributed by atoms with Crippen LogP contribution in [0, 0.1) is 0 Å². The van der Waals surface area contributed by atoms with Gasteiger partial charge in [0.15, 0.2) is 11.6 Å². The molecular formula is C45H26N4OS. The van der Waals surface area contributed by atoms with Gasteiger partial charge in [0.1, 0.15) is 11.2 Å². The molecule has 11 aromatic rings. The van der Waals surface area contributed by atoms with Gasteiger partial charge in [-0.3, -0.25) is 4.57 Å². The third-order valence-electron chi connectivity index (χ3n) is 9.86. The first kappa shape index (κ1) is 28.2. The first-order chi connectivity index (χ1) is 25.2. The molecule has 5 nitrogen and oxygen atoms in total. The van der Waals surface area contributed by atoms with Crippen molar-refractivity contribution in [1.82, 2.24) is 19.5 Å². The lowest BCUT2D eigenvalue weighted by Crippen LogP contribution is -2.06. The average Bonchev–Trinajstić information content (AvgIpc) is 3.86. The summed E-state index contributed by atoms with van der Waals surface area (Å²) in [6.45, 7) is 0. The zero-order valence-corrected chi connectivity index (χ0v) is 27.9. The van der Waals surface area contributed by atoms with Crippen LogP contribution in [0.3, 0.4) is 0 Å². The highest BCUT2D eigenvalue weighted by molar-refractivity contribution is 7.25. The number of hydrogen-bond donors (Lipinski definition) is 0. The Morgan fingerprint density at radius 2 is 1.08 bits per heavy atom. The van der Waals surface area contributed by atoms with E-state index >= 15 is 0 Å². The van der Waals surface area contributed by atoms with Crippen LogP contribution in [0.15, 0.2) is 162 Å². The van der Waals surface area contributed by atoms with E-state index in [-0.39, 0.29) is 0 Å². The van der Waals surface area contributed by atoms with Crippen LogP contribution in [0.2, 0.25) is 0 Å². The van der Waals surface area contributed by atoms with Crippen molar-refractivity contribution in [2.45, 2.75) is 0 Å². The molecule has 0 bridgehead atoms. The Kier molecular flexibility index (Phi) is 6.05. The van der Waals surface area contributed by atoms with Crippen LogP contribution < -0.4 is 0 Å². The van der Waals surface area contributed by atoms with Gasteiger partial charge in [0.25, 0.3) is 0 Å². The molecule has 7 aromatic carbocycles. The van der Waals surface area contributed by atoms with Gasteiger partial charge in [0, 0.05) is 52.8 Å². The summed E-state index contributed by atoms with van der Waals surface area (Å²) in [4.78, 5) is 15.7. The molecule has 0 spiro atoms. The number of fused-ring (bicyclic) bond motifs is 9. The lowest BCUT2D eigenvalue weighted by molar-refractivity contribution is 0.669. The van der Waals surface area contributed by atoms with E-state index in [2.05, 4.69) is 144 Å². The number of benzene rings is 7. The molecule has 6 heteroatoms. The Morgan fingerprint density at radius 3 is 1.96 bits per heavy atom. The fourth-order valence-corrected chi connectivity index (χ4v) is 8.60. The van der Waals surface area contributed by atoms with Gasteiger partial charge in [-0.1, -0.05) is 115 Å². The third kappa shape index (κ3) is 4.43. The Hall–Kier alpha value is -6.63. The summed E-state index contributed by atoms with van der Waals surface area (Å²) in [7, 11) is 0. The van der Waals surface area contributed by atoms with Crippen molar-refractivity contribution in [3.8, 4) is 39.9 Å². The minimum absolute atomic E-state index is 0.565. The number of para-hydroxylation sites is 2. The first-order valence-electron chi connectivity index (χ1n) is 16.9. The Labute approximate surface area is 295 Å². The molecule has 0 fully saturated rings. The lowest BCUT2D eigenvalue weighted by atomic mass is 10.0. The number of hydrogen-bond acceptors (Lipinski definition) is 5. The maximum absolute atomic E-state index is 6.33. The monoisotopic (exact) mass is 670 g/mol. The number of thiophene rings is 1. The van der Waals surface area contributed by atoms with Crippen LogP contribution in [0.25, 0.3) is 104 Å². The smallest absolute Gasteiger partial charge is 0.238 e. The number of nitrogens with zero attached hydrogens (tertiary/aromatic N) is 4. The summed E-state index contributed by atoms with van der Waals surface area (Å²) in [5.74, 6) is 1.81. The van der Waals surface area contributed by atoms with Crippen molar-refractivity contribution in [2.75, 3.05) is 0 Å². The van der Waals surface area contributed by atoms with Crippen LogP contribution in [-0.4, -0.2) is 19.5 Å². The van der Waals surface area contributed by atoms with E-state index in [9.17, 15) is 0 Å². The molecule has 0 aliphatic heterocycles. The van der Waals surface area contributed by atoms with Crippen LogP contribution in [0.1, 0.15) is 0 Å². The highest BCUT2D eigenvalue weighted by atomic mass is 32.1. The lowest BCUT2D eigenvalue weighted by Gasteiger charge is -2.12. The summed E-state index contributed by atoms with van der Waals surface area (Å²) >= 11 is 1.79. The van der Waals surface area contributed by atoms with Gasteiger partial charge in [-0.05, 0) is 53.6 Å². The Morgan fingerprint density at radius 1 is 0.392 bits per heavy atom. The van der Waals surface area contributed by atoms with Crippen molar-refractivity contribution < 1.29 is 4.42 Å². The quantitative estimate of drug-likeness (QED) is 0.187. The predicted molar refractivity (Wildman–Crippen MR) is 211 cm³/mol. The fraction of sp³-hybridized carbons (Fsp3) is 0. The van der Waals surface area contributed by atoms with Crippen molar-refractivity contribution in [1.29, 1.82) is 0 Å². The summed E-state index contributed by atoms with van der Waals surface area (Å²) < 4.78 is 11.0. The van der Waals surface area contributed by atoms with Crippen molar-refractivity contribution in [3.63, 3.8) is 0 Å². The maximum atomic E-state index is 6.33. The summed E-state index contributed by atoms with van der Waals surface area (Å²) in [5, 5.41) is 6.83. The molecule has 0 aliphatic carbocycles. The van der Waals surface area contributed by atoms with Crippen molar-refractivity contribution in [3.05, 3.63) is 158 Å². The van der Waals surface area contributed by atoms with Crippen LogP contribution in [0.4, 0.5) is 0 Å². The topological polar surface area (TPSA) is 56.7 Å². The molecule has 0 saturated heterocycles. The van der Waals surface area contributed by atoms with Crippen LogP contribution in [-0.2, 0) is 0 Å². The Balaban J connectivity index is 1.19. The molecule has 0 N–H and O–H groups in total. The van der Waals surface area contributed by atoms with Gasteiger partial charge < -0.3 is 4.42 Å². The standard InChI is InChI=1S/C45H26N4OS/c1-2-11-27(12-3-1)28-13-10-14-29(23-28)43-46-44(30-21-22-34-33-17-6-9-20-41(33)51-42(34)24-30)48-45(47-43)49-37-18-7-4-15-31(37)35-26-40-36(25-38(35)49)32-16-5-8-19-39(32)50-40/h1-26H. The molecule has 0 radical (unpaired) electrons. The zero-order valence-electron chi connectivity index (χ0n) is 27.1. The first-order valence-corrected chi connectivity index (χ1v) is 17.8. The van der Waals surface area contributed by atoms with Gasteiger partial charge in [-0.25, -0.2) is 4.98 Å². The van der Waals surface area contributed by atoms with E-state index < -0.39 is 0 Å². The van der Waals surface area contributed by atoms with Crippen molar-refractivity contribution >= 4 is 75.3 Å². The van der Waals surface area contributed by atoms with Gasteiger partial charge >= 0.3 is 0 Å². The molecule has 11 rings (SSSR count). The van der Waals surface area contributed by atoms with Gasteiger partial charge in [0.2, 0.25) is 5.95 Å². The molecule has 0 saturated carbocycles. The normalized spacial score (nSPS) is 11.9. The molecule has 0 atom stereocenters. The number of rotatable bonds is 4. The maximum Gasteiger partial charge on any atom is 0.238 e. The third-order valence-corrected chi connectivity index (χ3v) is 11.0. The zero-order chi connectivity index (χ0) is 33.5. The minimum Gasteiger partial charge on any atom is -0.456 e.